The maximum Gasteiger partial charge on any atom is 0.301 e. The number of carbonyl (C=O) groups excluding carboxylic acids is 4. The number of hydrogen-bond acceptors (Lipinski definition) is 11. The lowest BCUT2D eigenvalue weighted by molar-refractivity contribution is -0.134. The van der Waals surface area contributed by atoms with Crippen LogP contribution in [0, 0.1) is 28.8 Å². The summed E-state index contributed by atoms with van der Waals surface area (Å²) in [5.74, 6) is -5.56. The van der Waals surface area contributed by atoms with Crippen LogP contribution in [0.5, 0.6) is 5.75 Å². The van der Waals surface area contributed by atoms with Crippen molar-refractivity contribution >= 4 is 61.8 Å². The molecule has 5 fully saturated rings. The molecule has 0 bridgehead atoms. The number of benzene rings is 3. The van der Waals surface area contributed by atoms with Crippen LogP contribution in [0.1, 0.15) is 58.4 Å². The highest BCUT2D eigenvalue weighted by Gasteiger charge is 2.52. The number of nitrogens with zero attached hydrogens (tertiary/aromatic N) is 5. The number of carbonyl (C=O) groups is 4. The van der Waals surface area contributed by atoms with Crippen LogP contribution in [0.15, 0.2) is 67.0 Å². The van der Waals surface area contributed by atoms with Gasteiger partial charge in [-0.15, -0.1) is 0 Å². The van der Waals surface area contributed by atoms with Crippen molar-refractivity contribution in [1.29, 1.82) is 0 Å². The maximum atomic E-state index is 15.8. The number of hydrogen-bond donors (Lipinski definition) is 4. The Bertz CT molecular complexity index is 2990. The Balaban J connectivity index is 0.714. The minimum Gasteiger partial charge on any atom is -0.496 e. The number of anilines is 3. The number of fused-ring (bicyclic) bond motifs is 1. The predicted molar refractivity (Wildman–Crippen MR) is 248 cm³/mol. The number of H-pyrrole nitrogens is 1. The first-order chi connectivity index (χ1) is 33.1. The van der Waals surface area contributed by atoms with Gasteiger partial charge in [0.15, 0.2) is 5.82 Å². The van der Waals surface area contributed by atoms with E-state index in [0.29, 0.717) is 28.2 Å². The van der Waals surface area contributed by atoms with Gasteiger partial charge in [-0.1, -0.05) is 12.1 Å². The lowest BCUT2D eigenvalue weighted by Gasteiger charge is -2.61. The zero-order valence-corrected chi connectivity index (χ0v) is 38.3. The third-order valence-electron chi connectivity index (χ3n) is 14.0. The van der Waals surface area contributed by atoms with E-state index in [2.05, 4.69) is 35.3 Å². The van der Waals surface area contributed by atoms with Crippen LogP contribution in [-0.4, -0.2) is 129 Å². The van der Waals surface area contributed by atoms with Gasteiger partial charge in [0.25, 0.3) is 5.91 Å². The third-order valence-corrected chi connectivity index (χ3v) is 15.5. The molecule has 362 valence electrons. The fourth-order valence-electron chi connectivity index (χ4n) is 10.4. The maximum absolute atomic E-state index is 15.8. The van der Waals surface area contributed by atoms with Crippen molar-refractivity contribution in [3.63, 3.8) is 0 Å². The Morgan fingerprint density at radius 2 is 1.62 bits per heavy atom. The standard InChI is InChI=1S/C48H49F4N9O7S/c1-68-39-18-32(17-36(51)41(39)47(65)55-38-8-9-40(62)56-46(38)64)60-25-48(26-60)23-58(24-48)21-27-10-13-59(14-11-27)31-4-2-28(3-5-31)29-16-33-34(20-54-45(33)53-19-29)44(63)42-35(50)6-7-37(43(42)52)57-69(66,67)61-15-12-30(49)22-61/h2-7,16-20,27,30,38,57H,8-15,21-26H2,1H3,(H,53,54)(H,55,65)(H,56,62,64)/t30-,38+/m1/s1. The fourth-order valence-corrected chi connectivity index (χ4v) is 11.7. The fraction of sp³-hybridized carbons (Fsp3) is 0.396. The summed E-state index contributed by atoms with van der Waals surface area (Å²) in [6.07, 6.45) is 3.85. The molecule has 5 aliphatic heterocycles. The van der Waals surface area contributed by atoms with E-state index in [0.717, 1.165) is 86.3 Å². The number of aromatic nitrogens is 2. The third kappa shape index (κ3) is 8.98. The number of halogens is 4. The minimum atomic E-state index is -4.37. The van der Waals surface area contributed by atoms with Gasteiger partial charge in [-0.3, -0.25) is 29.2 Å². The van der Waals surface area contributed by atoms with E-state index in [1.54, 1.807) is 18.3 Å². The Labute approximate surface area is 394 Å². The Kier molecular flexibility index (Phi) is 12.1. The molecule has 0 saturated carbocycles. The minimum absolute atomic E-state index is 0.00367. The lowest BCUT2D eigenvalue weighted by atomic mass is 9.72. The SMILES string of the molecule is COc1cc(N2CC3(CN(CC4CCN(c5ccc(-c6cnc7[nH]cc(C(=O)c8c(F)ccc(NS(=O)(=O)N9CC[C@@H](F)C9)c8F)c7c6)cc5)CC4)C3)C2)cc(F)c1C(=O)N[C@H]1CCC(=O)NC1=O. The van der Waals surface area contributed by atoms with Gasteiger partial charge < -0.3 is 29.7 Å². The summed E-state index contributed by atoms with van der Waals surface area (Å²) in [5, 5.41) is 5.02. The topological polar surface area (TPSA) is 189 Å². The Hall–Kier alpha value is -6.58. The molecular formula is C48H49F4N9O7S. The number of methoxy groups -OCH3 is 1. The molecule has 69 heavy (non-hydrogen) atoms. The van der Waals surface area contributed by atoms with E-state index < -0.39 is 81.2 Å². The molecule has 2 atom stereocenters. The van der Waals surface area contributed by atoms with E-state index in [9.17, 15) is 32.0 Å². The van der Waals surface area contributed by atoms with Crippen molar-refractivity contribution in [2.45, 2.75) is 44.3 Å². The number of nitrogens with one attached hydrogen (secondary N) is 4. The van der Waals surface area contributed by atoms with Crippen LogP contribution in [0.3, 0.4) is 0 Å². The monoisotopic (exact) mass is 971 g/mol. The van der Waals surface area contributed by atoms with Crippen LogP contribution in [0.2, 0.25) is 0 Å². The largest absolute Gasteiger partial charge is 0.496 e. The molecule has 21 heteroatoms. The second kappa shape index (κ2) is 18.1. The first kappa shape index (κ1) is 46.2. The number of ether oxygens (including phenoxy) is 1. The molecule has 0 aliphatic carbocycles. The molecule has 5 aliphatic rings. The van der Waals surface area contributed by atoms with Crippen molar-refractivity contribution in [1.82, 2.24) is 29.8 Å². The van der Waals surface area contributed by atoms with Gasteiger partial charge in [0.2, 0.25) is 17.6 Å². The second-order valence-corrected chi connectivity index (χ2v) is 20.4. The smallest absolute Gasteiger partial charge is 0.301 e. The Morgan fingerprint density at radius 1 is 0.870 bits per heavy atom. The molecule has 4 N–H and O–H groups in total. The molecule has 2 aromatic heterocycles. The zero-order valence-electron chi connectivity index (χ0n) is 37.5. The van der Waals surface area contributed by atoms with Crippen molar-refractivity contribution in [2.75, 3.05) is 80.5 Å². The highest BCUT2D eigenvalue weighted by atomic mass is 32.2. The van der Waals surface area contributed by atoms with Crippen molar-refractivity contribution < 1.29 is 49.9 Å². The van der Waals surface area contributed by atoms with Gasteiger partial charge in [-0.25, -0.2) is 22.5 Å². The van der Waals surface area contributed by atoms with Crippen molar-refractivity contribution in [3.8, 4) is 16.9 Å². The molecule has 0 radical (unpaired) electrons. The normalized spacial score (nSPS) is 21.0. The first-order valence-electron chi connectivity index (χ1n) is 22.8. The molecule has 5 aromatic rings. The molecule has 7 heterocycles. The number of pyridine rings is 1. The number of amides is 3. The number of imide groups is 1. The molecule has 3 aromatic carbocycles. The zero-order chi connectivity index (χ0) is 48.4. The average Bonchev–Trinajstić information content (AvgIpc) is 3.95. The molecule has 0 unspecified atom stereocenters. The average molecular weight is 972 g/mol. The van der Waals surface area contributed by atoms with Crippen LogP contribution >= 0.6 is 0 Å². The summed E-state index contributed by atoms with van der Waals surface area (Å²) in [4.78, 5) is 64.6. The second-order valence-electron chi connectivity index (χ2n) is 18.8. The van der Waals surface area contributed by atoms with Gasteiger partial charge in [0.1, 0.15) is 40.8 Å². The summed E-state index contributed by atoms with van der Waals surface area (Å²) in [5.41, 5.74) is 1.67. The summed E-state index contributed by atoms with van der Waals surface area (Å²) in [6, 6.07) is 13.4. The van der Waals surface area contributed by atoms with Crippen LogP contribution in [0.4, 0.5) is 34.6 Å². The predicted octanol–water partition coefficient (Wildman–Crippen LogP) is 5.16. The van der Waals surface area contributed by atoms with Crippen LogP contribution in [0.25, 0.3) is 22.2 Å². The highest BCUT2D eigenvalue weighted by Crippen LogP contribution is 2.44. The van der Waals surface area contributed by atoms with Gasteiger partial charge in [0, 0.05) is 117 Å². The summed E-state index contributed by atoms with van der Waals surface area (Å²) in [6.45, 7) is 5.68. The molecule has 10 rings (SSSR count). The van der Waals surface area contributed by atoms with Crippen LogP contribution in [-0.2, 0) is 19.8 Å². The van der Waals surface area contributed by atoms with E-state index in [-0.39, 0.29) is 48.1 Å². The lowest BCUT2D eigenvalue weighted by Crippen LogP contribution is -2.72. The number of rotatable bonds is 13. The van der Waals surface area contributed by atoms with Gasteiger partial charge in [-0.05, 0) is 73.6 Å². The molecule has 16 nitrogen and oxygen atoms in total. The number of ketones is 1. The number of alkyl halides is 1. The number of aromatic amines is 1. The molecular weight excluding hydrogens is 923 g/mol. The summed E-state index contributed by atoms with van der Waals surface area (Å²) < 4.78 is 94.0. The quantitative estimate of drug-likeness (QED) is 0.0694. The molecule has 3 amide bonds. The molecule has 5 saturated heterocycles. The number of piperidine rings is 2. The van der Waals surface area contributed by atoms with Gasteiger partial charge in [-0.2, -0.15) is 12.7 Å². The van der Waals surface area contributed by atoms with E-state index in [1.165, 1.54) is 19.4 Å². The van der Waals surface area contributed by atoms with Gasteiger partial charge >= 0.3 is 10.2 Å². The van der Waals surface area contributed by atoms with Crippen molar-refractivity contribution in [3.05, 3.63) is 101 Å². The van der Waals surface area contributed by atoms with Gasteiger partial charge in [0.05, 0.1) is 18.4 Å². The van der Waals surface area contributed by atoms with E-state index in [1.807, 2.05) is 29.0 Å². The summed E-state index contributed by atoms with van der Waals surface area (Å²) in [7, 11) is -3.00. The van der Waals surface area contributed by atoms with Crippen LogP contribution < -0.4 is 29.9 Å². The summed E-state index contributed by atoms with van der Waals surface area (Å²) >= 11 is 0. The Morgan fingerprint density at radius 3 is 2.32 bits per heavy atom. The molecule has 1 spiro atoms. The number of likely N-dealkylation sites (tertiary alicyclic amines) is 1. The highest BCUT2D eigenvalue weighted by molar-refractivity contribution is 7.90. The van der Waals surface area contributed by atoms with E-state index in [4.69, 9.17) is 4.74 Å². The van der Waals surface area contributed by atoms with E-state index >= 15 is 13.2 Å². The van der Waals surface area contributed by atoms with Crippen molar-refractivity contribution in [2.24, 2.45) is 11.3 Å². The first-order valence-corrected chi connectivity index (χ1v) is 24.3.